The lowest BCUT2D eigenvalue weighted by Gasteiger charge is -1.34. The maximum atomic E-state index is 8.70. The summed E-state index contributed by atoms with van der Waals surface area (Å²) in [5, 5.41) is 0. The fraction of sp³-hybridized carbons (Fsp3) is 0. The molecule has 0 aromatic carbocycles. The smallest absolute Gasteiger partial charge is 0.134 e. The van der Waals surface area contributed by atoms with E-state index in [2.05, 4.69) is 0 Å². The zero-order valence-electron chi connectivity index (χ0n) is 2.46. The van der Waals surface area contributed by atoms with E-state index in [9.17, 15) is 0 Å². The summed E-state index contributed by atoms with van der Waals surface area (Å²) in [6, 6.07) is 0. The van der Waals surface area contributed by atoms with E-state index in [1.807, 2.05) is 0 Å². The van der Waals surface area contributed by atoms with Crippen LogP contribution in [0.4, 0.5) is 0 Å². The molecule has 0 heterocycles. The van der Waals surface area contributed by atoms with Gasteiger partial charge in [0.2, 0.25) is 0 Å². The van der Waals surface area contributed by atoms with Crippen LogP contribution in [0, 0.1) is 0 Å². The number of rotatable bonds is 0. The normalized spacial score (nSPS) is 5.20. The second-order valence-electron chi connectivity index (χ2n) is 0.253. The van der Waals surface area contributed by atoms with E-state index in [4.69, 9.17) is 14.4 Å². The van der Waals surface area contributed by atoms with Crippen molar-refractivity contribution in [3.8, 4) is 0 Å². The molecule has 0 saturated heterocycles. The van der Waals surface area contributed by atoms with Gasteiger partial charge in [0, 0.05) is 27.6 Å². The van der Waals surface area contributed by atoms with Gasteiger partial charge in [-0.25, -0.2) is 0 Å². The Balaban J connectivity index is 0. The molecule has 0 amide bonds. The molecule has 0 aromatic rings. The van der Waals surface area contributed by atoms with E-state index in [0.717, 1.165) is 0 Å². The zero-order chi connectivity index (χ0) is 3.58. The van der Waals surface area contributed by atoms with Crippen LogP contribution in [0.3, 0.4) is 0 Å². The summed E-state index contributed by atoms with van der Waals surface area (Å²) in [5.41, 5.74) is 0. The van der Waals surface area contributed by atoms with Gasteiger partial charge < -0.3 is 0 Å². The van der Waals surface area contributed by atoms with Crippen LogP contribution >= 0.6 is 8.25 Å². The summed E-state index contributed by atoms with van der Waals surface area (Å²) in [4.78, 5) is 14.2. The van der Waals surface area contributed by atoms with Crippen molar-refractivity contribution >= 4 is 31.3 Å². The Labute approximate surface area is 46.1 Å². The van der Waals surface area contributed by atoms with Gasteiger partial charge in [-0.15, -0.1) is 9.79 Å². The van der Waals surface area contributed by atoms with Crippen molar-refractivity contribution in [2.24, 2.45) is 0 Å². The van der Waals surface area contributed by atoms with Gasteiger partial charge in [0.1, 0.15) is 0 Å². The molecule has 0 fully saturated rings. The van der Waals surface area contributed by atoms with Crippen molar-refractivity contribution < 1.29 is 14.4 Å². The van der Waals surface area contributed by atoms with Crippen LogP contribution in [0.1, 0.15) is 0 Å². The van der Waals surface area contributed by atoms with E-state index < -0.39 is 8.25 Å². The molecule has 0 aliphatic rings. The Morgan fingerprint density at radius 1 is 1.40 bits per heavy atom. The van der Waals surface area contributed by atoms with E-state index in [1.165, 1.54) is 0 Å². The molecule has 0 aliphatic heterocycles. The van der Waals surface area contributed by atoms with Crippen molar-refractivity contribution in [3.63, 3.8) is 0 Å². The third-order valence-corrected chi connectivity index (χ3v) is 0. The Morgan fingerprint density at radius 2 is 1.40 bits per heavy atom. The largest absolute Gasteiger partial charge is 0.692 e. The lowest BCUT2D eigenvalue weighted by atomic mass is 15.8. The maximum absolute atomic E-state index is 8.70. The summed E-state index contributed by atoms with van der Waals surface area (Å²) in [6.07, 6.45) is 0. The molecule has 2 N–H and O–H groups in total. The monoisotopic (exact) mass is 105 g/mol. The number of hydrogen-bond donors (Lipinski definition) is 2. The van der Waals surface area contributed by atoms with Crippen molar-refractivity contribution in [3.05, 3.63) is 0 Å². The van der Waals surface area contributed by atoms with Gasteiger partial charge in [0.05, 0.1) is 0 Å². The highest BCUT2D eigenvalue weighted by molar-refractivity contribution is 7.30. The van der Waals surface area contributed by atoms with Gasteiger partial charge in [-0.2, -0.15) is 0 Å². The molecule has 0 bridgehead atoms. The molecule has 0 rings (SSSR count). The first kappa shape index (κ1) is 9.25. The summed E-state index contributed by atoms with van der Waals surface area (Å²) < 4.78 is 8.70. The third kappa shape index (κ3) is 60.1. The first-order valence-corrected chi connectivity index (χ1v) is 1.75. The van der Waals surface area contributed by atoms with Gasteiger partial charge in [-0.1, -0.05) is 0 Å². The molecule has 5 heavy (non-hydrogen) atoms. The molecule has 26 valence electrons. The second-order valence-corrected chi connectivity index (χ2v) is 0.758. The Bertz CT molecular complexity index is 29.9. The van der Waals surface area contributed by atoms with E-state index in [-0.39, 0.29) is 23.1 Å². The average Bonchev–Trinajstić information content (AvgIpc) is 0.811. The molecule has 0 aliphatic carbocycles. The molecule has 5 heteroatoms. The molecule has 0 spiro atoms. The van der Waals surface area contributed by atoms with Crippen LogP contribution in [0.25, 0.3) is 0 Å². The highest BCUT2D eigenvalue weighted by Gasteiger charge is 1.93. The Morgan fingerprint density at radius 3 is 1.40 bits per heavy atom. The SMILES string of the molecule is O=[P+](O)O.[Mg]. The van der Waals surface area contributed by atoms with Gasteiger partial charge in [0.15, 0.2) is 0 Å². The zero-order valence-corrected chi connectivity index (χ0v) is 4.77. The molecule has 2 radical (unpaired) electrons. The van der Waals surface area contributed by atoms with Gasteiger partial charge in [-0.3, -0.25) is 0 Å². The third-order valence-electron chi connectivity index (χ3n) is 0. The van der Waals surface area contributed by atoms with Gasteiger partial charge in [0.25, 0.3) is 0 Å². The quantitative estimate of drug-likeness (QED) is 0.315. The van der Waals surface area contributed by atoms with Crippen LogP contribution in [0.5, 0.6) is 0 Å². The average molecular weight is 105 g/mol. The van der Waals surface area contributed by atoms with Crippen molar-refractivity contribution in [2.75, 3.05) is 0 Å². The minimum atomic E-state index is -2.87. The summed E-state index contributed by atoms with van der Waals surface area (Å²) in [6.45, 7) is 0. The predicted octanol–water partition coefficient (Wildman–Crippen LogP) is -0.752. The lowest BCUT2D eigenvalue weighted by Crippen LogP contribution is -1.38. The molecular formula is H2MgO3P+. The van der Waals surface area contributed by atoms with Crippen LogP contribution in [-0.2, 0) is 4.57 Å². The molecule has 3 nitrogen and oxygen atoms in total. The van der Waals surface area contributed by atoms with Crippen LogP contribution in [0.15, 0.2) is 0 Å². The molecule has 0 saturated carbocycles. The van der Waals surface area contributed by atoms with Crippen LogP contribution in [0.2, 0.25) is 0 Å². The standard InChI is InChI=1S/Mg.HO3P/c;1-4(2)3/h;(H-,1,2,3)/p+1. The summed E-state index contributed by atoms with van der Waals surface area (Å²) in [5.74, 6) is 0. The molecule has 0 unspecified atom stereocenters. The van der Waals surface area contributed by atoms with Crippen LogP contribution in [-0.4, -0.2) is 32.8 Å². The Kier molecular flexibility index (Phi) is 8.85. The minimum absolute atomic E-state index is 0. The second kappa shape index (κ2) is 4.79. The maximum Gasteiger partial charge on any atom is 0.692 e. The van der Waals surface area contributed by atoms with E-state index >= 15 is 0 Å². The van der Waals surface area contributed by atoms with E-state index in [1.54, 1.807) is 0 Å². The molecule has 0 aromatic heterocycles. The van der Waals surface area contributed by atoms with Gasteiger partial charge >= 0.3 is 8.25 Å². The lowest BCUT2D eigenvalue weighted by molar-refractivity contribution is 0.405. The Hall–Kier alpha value is 0.786. The van der Waals surface area contributed by atoms with Gasteiger partial charge in [-0.05, 0) is 0 Å². The van der Waals surface area contributed by atoms with Crippen molar-refractivity contribution in [2.45, 2.75) is 0 Å². The van der Waals surface area contributed by atoms with Crippen molar-refractivity contribution in [1.82, 2.24) is 0 Å². The van der Waals surface area contributed by atoms with Crippen molar-refractivity contribution in [1.29, 1.82) is 0 Å². The number of hydrogen-bond acceptors (Lipinski definition) is 1. The highest BCUT2D eigenvalue weighted by atomic mass is 31.1. The fourth-order valence-electron chi connectivity index (χ4n) is 0. The molecular weight excluding hydrogens is 103 g/mol. The summed E-state index contributed by atoms with van der Waals surface area (Å²) in [7, 11) is -2.87. The highest BCUT2D eigenvalue weighted by Crippen LogP contribution is 1.98. The first-order valence-electron chi connectivity index (χ1n) is 0.583. The molecule has 0 atom stereocenters. The van der Waals surface area contributed by atoms with Crippen LogP contribution < -0.4 is 0 Å². The topological polar surface area (TPSA) is 57.5 Å². The fourth-order valence-corrected chi connectivity index (χ4v) is 0. The predicted molar refractivity (Wildman–Crippen MR) is 17.8 cm³/mol. The van der Waals surface area contributed by atoms with E-state index in [0.29, 0.717) is 0 Å². The first-order chi connectivity index (χ1) is 1.73. The minimum Gasteiger partial charge on any atom is -0.134 e. The summed E-state index contributed by atoms with van der Waals surface area (Å²) >= 11 is 0.